The minimum Gasteiger partial charge on any atom is -0.491 e. The molecule has 1 fully saturated rings. The highest BCUT2D eigenvalue weighted by atomic mass is 19.1. The van der Waals surface area contributed by atoms with Crippen molar-refractivity contribution in [3.8, 4) is 5.75 Å². The van der Waals surface area contributed by atoms with Crippen LogP contribution in [0.2, 0.25) is 0 Å². The number of ether oxygens (including phenoxy) is 2. The molecule has 1 atom stereocenters. The van der Waals surface area contributed by atoms with E-state index >= 15 is 0 Å². The molecule has 0 aromatic heterocycles. The lowest BCUT2D eigenvalue weighted by atomic mass is 10.3. The number of benzene rings is 1. The van der Waals surface area contributed by atoms with Gasteiger partial charge in [0, 0.05) is 6.07 Å². The van der Waals surface area contributed by atoms with Crippen LogP contribution in [-0.4, -0.2) is 19.3 Å². The second-order valence-electron chi connectivity index (χ2n) is 2.72. The molecule has 0 spiro atoms. The summed E-state index contributed by atoms with van der Waals surface area (Å²) >= 11 is 0. The quantitative estimate of drug-likeness (QED) is 0.639. The molecule has 1 aromatic carbocycles. The molecular formula is C9H9FO2. The molecule has 2 nitrogen and oxygen atoms in total. The first-order chi connectivity index (χ1) is 5.84. The molecule has 1 aromatic rings. The highest BCUT2D eigenvalue weighted by Gasteiger charge is 2.22. The van der Waals surface area contributed by atoms with Crippen LogP contribution in [0.5, 0.6) is 5.75 Å². The Kier molecular flexibility index (Phi) is 1.96. The minimum absolute atomic E-state index is 0.216. The van der Waals surface area contributed by atoms with Crippen LogP contribution in [0, 0.1) is 5.82 Å². The SMILES string of the molecule is Fc1cccc(OCC2CO2)c1. The van der Waals surface area contributed by atoms with Crippen molar-refractivity contribution in [1.82, 2.24) is 0 Å². The number of rotatable bonds is 3. The molecule has 0 saturated carbocycles. The maximum Gasteiger partial charge on any atom is 0.126 e. The molecule has 1 aliphatic rings. The van der Waals surface area contributed by atoms with E-state index in [1.807, 2.05) is 0 Å². The summed E-state index contributed by atoms with van der Waals surface area (Å²) in [7, 11) is 0. The predicted octanol–water partition coefficient (Wildman–Crippen LogP) is 1.60. The Morgan fingerprint density at radius 3 is 3.08 bits per heavy atom. The third kappa shape index (κ3) is 1.95. The van der Waals surface area contributed by atoms with E-state index in [1.165, 1.54) is 12.1 Å². The van der Waals surface area contributed by atoms with Crippen molar-refractivity contribution in [2.24, 2.45) is 0 Å². The van der Waals surface area contributed by atoms with Crippen LogP contribution >= 0.6 is 0 Å². The molecule has 0 bridgehead atoms. The Hall–Kier alpha value is -1.09. The summed E-state index contributed by atoms with van der Waals surface area (Å²) in [5.41, 5.74) is 0. The van der Waals surface area contributed by atoms with E-state index in [9.17, 15) is 4.39 Å². The summed E-state index contributed by atoms with van der Waals surface area (Å²) < 4.78 is 22.8. The Morgan fingerprint density at radius 2 is 2.42 bits per heavy atom. The van der Waals surface area contributed by atoms with E-state index in [2.05, 4.69) is 0 Å². The van der Waals surface area contributed by atoms with E-state index in [0.29, 0.717) is 12.4 Å². The number of halogens is 1. The molecule has 0 amide bonds. The fourth-order valence-corrected chi connectivity index (χ4v) is 0.910. The Balaban J connectivity index is 1.92. The van der Waals surface area contributed by atoms with Crippen molar-refractivity contribution in [2.75, 3.05) is 13.2 Å². The van der Waals surface area contributed by atoms with Gasteiger partial charge in [-0.3, -0.25) is 0 Å². The van der Waals surface area contributed by atoms with E-state index in [1.54, 1.807) is 12.1 Å². The van der Waals surface area contributed by atoms with Gasteiger partial charge in [-0.1, -0.05) is 6.07 Å². The second kappa shape index (κ2) is 3.11. The van der Waals surface area contributed by atoms with Gasteiger partial charge in [0.1, 0.15) is 24.3 Å². The van der Waals surface area contributed by atoms with E-state index in [4.69, 9.17) is 9.47 Å². The van der Waals surface area contributed by atoms with Crippen LogP contribution in [-0.2, 0) is 4.74 Å². The molecule has 0 aliphatic carbocycles. The molecule has 0 N–H and O–H groups in total. The summed E-state index contributed by atoms with van der Waals surface area (Å²) in [5.74, 6) is 0.287. The van der Waals surface area contributed by atoms with E-state index in [-0.39, 0.29) is 11.9 Å². The number of hydrogen-bond donors (Lipinski definition) is 0. The zero-order valence-electron chi connectivity index (χ0n) is 6.50. The Morgan fingerprint density at radius 1 is 1.58 bits per heavy atom. The van der Waals surface area contributed by atoms with Crippen molar-refractivity contribution in [1.29, 1.82) is 0 Å². The summed E-state index contributed by atoms with van der Waals surface area (Å²) in [5, 5.41) is 0. The molecule has 2 rings (SSSR count). The lowest BCUT2D eigenvalue weighted by Gasteiger charge is -2.02. The van der Waals surface area contributed by atoms with Crippen molar-refractivity contribution >= 4 is 0 Å². The first-order valence-corrected chi connectivity index (χ1v) is 3.84. The topological polar surface area (TPSA) is 21.8 Å². The fraction of sp³-hybridized carbons (Fsp3) is 0.333. The maximum absolute atomic E-state index is 12.6. The van der Waals surface area contributed by atoms with Gasteiger partial charge < -0.3 is 9.47 Å². The lowest BCUT2D eigenvalue weighted by Crippen LogP contribution is -2.03. The normalized spacial score (nSPS) is 20.6. The summed E-state index contributed by atoms with van der Waals surface area (Å²) in [6, 6.07) is 6.10. The molecule has 1 aliphatic heterocycles. The first-order valence-electron chi connectivity index (χ1n) is 3.84. The summed E-state index contributed by atoms with van der Waals surface area (Å²) in [6.45, 7) is 1.28. The molecule has 1 saturated heterocycles. The Bertz CT molecular complexity index is 271. The van der Waals surface area contributed by atoms with Crippen LogP contribution in [0.1, 0.15) is 0 Å². The molecule has 1 heterocycles. The van der Waals surface area contributed by atoms with Crippen LogP contribution in [0.25, 0.3) is 0 Å². The minimum atomic E-state index is -0.274. The van der Waals surface area contributed by atoms with Crippen LogP contribution < -0.4 is 4.74 Å². The first kappa shape index (κ1) is 7.55. The molecule has 3 heteroatoms. The van der Waals surface area contributed by atoms with Crippen molar-refractivity contribution in [2.45, 2.75) is 6.10 Å². The largest absolute Gasteiger partial charge is 0.491 e. The van der Waals surface area contributed by atoms with Gasteiger partial charge in [-0.25, -0.2) is 4.39 Å². The number of epoxide rings is 1. The van der Waals surface area contributed by atoms with Gasteiger partial charge in [0.25, 0.3) is 0 Å². The van der Waals surface area contributed by atoms with Crippen molar-refractivity contribution in [3.05, 3.63) is 30.1 Å². The third-order valence-corrected chi connectivity index (χ3v) is 1.63. The molecule has 12 heavy (non-hydrogen) atoms. The van der Waals surface area contributed by atoms with Crippen molar-refractivity contribution < 1.29 is 13.9 Å². The number of hydrogen-bond acceptors (Lipinski definition) is 2. The molecule has 0 radical (unpaired) electrons. The second-order valence-corrected chi connectivity index (χ2v) is 2.72. The monoisotopic (exact) mass is 168 g/mol. The standard InChI is InChI=1S/C9H9FO2/c10-7-2-1-3-8(4-7)11-5-9-6-12-9/h1-4,9H,5-6H2. The smallest absolute Gasteiger partial charge is 0.126 e. The van der Waals surface area contributed by atoms with Crippen LogP contribution in [0.15, 0.2) is 24.3 Å². The van der Waals surface area contributed by atoms with E-state index in [0.717, 1.165) is 6.61 Å². The predicted molar refractivity (Wildman–Crippen MR) is 41.6 cm³/mol. The zero-order valence-corrected chi connectivity index (χ0v) is 6.50. The van der Waals surface area contributed by atoms with Crippen molar-refractivity contribution in [3.63, 3.8) is 0 Å². The highest BCUT2D eigenvalue weighted by Crippen LogP contribution is 2.15. The average Bonchev–Trinajstić information content (AvgIpc) is 2.84. The maximum atomic E-state index is 12.6. The Labute approximate surface area is 69.9 Å². The molecule has 1 unspecified atom stereocenters. The molecular weight excluding hydrogens is 159 g/mol. The van der Waals surface area contributed by atoms with Gasteiger partial charge in [-0.2, -0.15) is 0 Å². The summed E-state index contributed by atoms with van der Waals surface area (Å²) in [6.07, 6.45) is 0.216. The van der Waals surface area contributed by atoms with Gasteiger partial charge in [0.2, 0.25) is 0 Å². The van der Waals surface area contributed by atoms with Gasteiger partial charge >= 0.3 is 0 Å². The van der Waals surface area contributed by atoms with E-state index < -0.39 is 0 Å². The van der Waals surface area contributed by atoms with Gasteiger partial charge in [0.15, 0.2) is 0 Å². The molecule has 64 valence electrons. The lowest BCUT2D eigenvalue weighted by molar-refractivity contribution is 0.262. The van der Waals surface area contributed by atoms with Gasteiger partial charge in [-0.05, 0) is 12.1 Å². The van der Waals surface area contributed by atoms with Gasteiger partial charge in [0.05, 0.1) is 6.61 Å². The highest BCUT2D eigenvalue weighted by molar-refractivity contribution is 5.22. The van der Waals surface area contributed by atoms with Crippen LogP contribution in [0.4, 0.5) is 4.39 Å². The fourth-order valence-electron chi connectivity index (χ4n) is 0.910. The average molecular weight is 168 g/mol. The van der Waals surface area contributed by atoms with Crippen LogP contribution in [0.3, 0.4) is 0 Å². The van der Waals surface area contributed by atoms with Gasteiger partial charge in [-0.15, -0.1) is 0 Å². The zero-order chi connectivity index (χ0) is 8.39. The summed E-state index contributed by atoms with van der Waals surface area (Å²) in [4.78, 5) is 0. The third-order valence-electron chi connectivity index (χ3n) is 1.63.